The lowest BCUT2D eigenvalue weighted by atomic mass is 9.86. The Morgan fingerprint density at radius 3 is 2.58 bits per heavy atom. The number of rotatable bonds is 3. The summed E-state index contributed by atoms with van der Waals surface area (Å²) in [7, 11) is 0. The van der Waals surface area contributed by atoms with Crippen LogP contribution in [0.4, 0.5) is 0 Å². The molecule has 3 N–H and O–H groups in total. The molecule has 0 aromatic rings. The first-order valence-corrected chi connectivity index (χ1v) is 5.90. The van der Waals surface area contributed by atoms with E-state index in [1.165, 1.54) is 0 Å². The minimum absolute atomic E-state index is 0.0107. The molecule has 0 aromatic heterocycles. The molecule has 0 saturated carbocycles. The summed E-state index contributed by atoms with van der Waals surface area (Å²) >= 11 is 1.92. The molecule has 0 aromatic carbocycles. The van der Waals surface area contributed by atoms with Crippen LogP contribution >= 0.6 is 11.8 Å². The number of thioether (sulfide) groups is 1. The predicted octanol–water partition coefficient (Wildman–Crippen LogP) is 1.37. The Labute approximate surface area is 78.9 Å². The van der Waals surface area contributed by atoms with E-state index in [9.17, 15) is 5.11 Å². The van der Waals surface area contributed by atoms with Gasteiger partial charge in [-0.25, -0.2) is 0 Å². The maximum Gasteiger partial charge on any atom is 0.0813 e. The topological polar surface area (TPSA) is 46.2 Å². The van der Waals surface area contributed by atoms with Gasteiger partial charge in [0.05, 0.1) is 5.60 Å². The largest absolute Gasteiger partial charge is 0.388 e. The first kappa shape index (κ1) is 10.4. The van der Waals surface area contributed by atoms with Crippen LogP contribution in [0.5, 0.6) is 0 Å². The van der Waals surface area contributed by atoms with Crippen LogP contribution in [0.15, 0.2) is 0 Å². The van der Waals surface area contributed by atoms with E-state index in [0.29, 0.717) is 0 Å². The van der Waals surface area contributed by atoms with Crippen molar-refractivity contribution in [3.8, 4) is 0 Å². The van der Waals surface area contributed by atoms with E-state index in [-0.39, 0.29) is 6.04 Å². The normalized spacial score (nSPS) is 25.2. The summed E-state index contributed by atoms with van der Waals surface area (Å²) in [6, 6.07) is -0.0107. The van der Waals surface area contributed by atoms with Crippen LogP contribution in [0.2, 0.25) is 0 Å². The first-order valence-electron chi connectivity index (χ1n) is 4.75. The average molecular weight is 189 g/mol. The quantitative estimate of drug-likeness (QED) is 0.705. The molecule has 1 aliphatic heterocycles. The van der Waals surface area contributed by atoms with Crippen LogP contribution in [-0.4, -0.2) is 28.3 Å². The van der Waals surface area contributed by atoms with Crippen LogP contribution < -0.4 is 5.73 Å². The van der Waals surface area contributed by atoms with Crippen LogP contribution in [-0.2, 0) is 0 Å². The van der Waals surface area contributed by atoms with Gasteiger partial charge in [-0.2, -0.15) is 11.8 Å². The number of nitrogens with two attached hydrogens (primary N) is 1. The second-order valence-corrected chi connectivity index (χ2v) is 4.84. The van der Waals surface area contributed by atoms with E-state index >= 15 is 0 Å². The van der Waals surface area contributed by atoms with Crippen LogP contribution in [0.3, 0.4) is 0 Å². The Morgan fingerprint density at radius 1 is 1.50 bits per heavy atom. The summed E-state index contributed by atoms with van der Waals surface area (Å²) in [4.78, 5) is 0. The smallest absolute Gasteiger partial charge is 0.0813 e. The van der Waals surface area contributed by atoms with Crippen molar-refractivity contribution >= 4 is 11.8 Å². The van der Waals surface area contributed by atoms with Crippen LogP contribution in [0.25, 0.3) is 0 Å². The number of hydrogen-bond acceptors (Lipinski definition) is 3. The van der Waals surface area contributed by atoms with Crippen molar-refractivity contribution in [3.63, 3.8) is 0 Å². The molecule has 0 aliphatic carbocycles. The molecule has 1 rings (SSSR count). The molecular formula is C9H19NOS. The van der Waals surface area contributed by atoms with Crippen molar-refractivity contribution < 1.29 is 5.11 Å². The fourth-order valence-electron chi connectivity index (χ4n) is 1.68. The molecule has 1 aliphatic rings. The molecule has 1 atom stereocenters. The van der Waals surface area contributed by atoms with Gasteiger partial charge >= 0.3 is 0 Å². The van der Waals surface area contributed by atoms with Gasteiger partial charge in [0, 0.05) is 6.04 Å². The zero-order valence-electron chi connectivity index (χ0n) is 7.75. The van der Waals surface area contributed by atoms with Crippen molar-refractivity contribution in [1.29, 1.82) is 0 Å². The molecule has 0 amide bonds. The molecule has 0 bridgehead atoms. The van der Waals surface area contributed by atoms with Gasteiger partial charge in [0.2, 0.25) is 0 Å². The lowest BCUT2D eigenvalue weighted by Crippen LogP contribution is -2.50. The van der Waals surface area contributed by atoms with Gasteiger partial charge in [-0.3, -0.25) is 0 Å². The highest BCUT2D eigenvalue weighted by Gasteiger charge is 2.34. The maximum atomic E-state index is 10.1. The molecule has 1 heterocycles. The minimum atomic E-state index is -0.554. The molecular weight excluding hydrogens is 170 g/mol. The second-order valence-electron chi connectivity index (χ2n) is 3.61. The lowest BCUT2D eigenvalue weighted by Gasteiger charge is -2.36. The maximum absolute atomic E-state index is 10.1. The standard InChI is InChI=1S/C9H19NOS/c1-2-3-8(10)9(11)4-6-12-7-5-9/h8,11H,2-7,10H2,1H3. The van der Waals surface area contributed by atoms with E-state index < -0.39 is 5.60 Å². The molecule has 2 nitrogen and oxygen atoms in total. The summed E-state index contributed by atoms with van der Waals surface area (Å²) in [6.07, 6.45) is 3.76. The van der Waals surface area contributed by atoms with Gasteiger partial charge < -0.3 is 10.8 Å². The molecule has 12 heavy (non-hydrogen) atoms. The van der Waals surface area contributed by atoms with Crippen molar-refractivity contribution in [3.05, 3.63) is 0 Å². The zero-order valence-corrected chi connectivity index (χ0v) is 8.57. The Kier molecular flexibility index (Phi) is 3.87. The summed E-state index contributed by atoms with van der Waals surface area (Å²) < 4.78 is 0. The summed E-state index contributed by atoms with van der Waals surface area (Å²) in [5.74, 6) is 2.13. The third-order valence-electron chi connectivity index (χ3n) is 2.65. The van der Waals surface area contributed by atoms with Crippen molar-refractivity contribution in [2.75, 3.05) is 11.5 Å². The van der Waals surface area contributed by atoms with Gasteiger partial charge in [-0.15, -0.1) is 0 Å². The highest BCUT2D eigenvalue weighted by atomic mass is 32.2. The summed E-state index contributed by atoms with van der Waals surface area (Å²) in [5.41, 5.74) is 5.38. The fourth-order valence-corrected chi connectivity index (χ4v) is 2.88. The van der Waals surface area contributed by atoms with Gasteiger partial charge in [-0.05, 0) is 30.8 Å². The molecule has 1 unspecified atom stereocenters. The third-order valence-corrected chi connectivity index (χ3v) is 3.63. The molecule has 1 fully saturated rings. The van der Waals surface area contributed by atoms with Crippen molar-refractivity contribution in [2.45, 2.75) is 44.2 Å². The van der Waals surface area contributed by atoms with Crippen molar-refractivity contribution in [2.24, 2.45) is 5.73 Å². The fraction of sp³-hybridized carbons (Fsp3) is 1.00. The SMILES string of the molecule is CCCC(N)C1(O)CCSCC1. The minimum Gasteiger partial charge on any atom is -0.388 e. The van der Waals surface area contributed by atoms with Gasteiger partial charge in [0.25, 0.3) is 0 Å². The Morgan fingerprint density at radius 2 is 2.08 bits per heavy atom. The first-order chi connectivity index (χ1) is 5.69. The summed E-state index contributed by atoms with van der Waals surface area (Å²) in [6.45, 7) is 2.11. The van der Waals surface area contributed by atoms with Gasteiger partial charge in [0.15, 0.2) is 0 Å². The molecule has 0 radical (unpaired) electrons. The highest BCUT2D eigenvalue weighted by Crippen LogP contribution is 2.30. The highest BCUT2D eigenvalue weighted by molar-refractivity contribution is 7.99. The average Bonchev–Trinajstić information content (AvgIpc) is 2.06. The van der Waals surface area contributed by atoms with E-state index in [1.54, 1.807) is 0 Å². The van der Waals surface area contributed by atoms with E-state index in [2.05, 4.69) is 6.92 Å². The van der Waals surface area contributed by atoms with E-state index in [1.807, 2.05) is 11.8 Å². The van der Waals surface area contributed by atoms with E-state index in [0.717, 1.165) is 37.2 Å². The Balaban J connectivity index is 2.44. The number of aliphatic hydroxyl groups is 1. The molecule has 0 spiro atoms. The molecule has 3 heteroatoms. The Bertz CT molecular complexity index is 134. The van der Waals surface area contributed by atoms with Gasteiger partial charge in [-0.1, -0.05) is 13.3 Å². The molecule has 1 saturated heterocycles. The third kappa shape index (κ3) is 2.38. The second kappa shape index (κ2) is 4.49. The van der Waals surface area contributed by atoms with Crippen LogP contribution in [0, 0.1) is 0 Å². The zero-order chi connectivity index (χ0) is 9.03. The molecule has 72 valence electrons. The van der Waals surface area contributed by atoms with Gasteiger partial charge in [0.1, 0.15) is 0 Å². The lowest BCUT2D eigenvalue weighted by molar-refractivity contribution is 0.00357. The Hall–Kier alpha value is 0.270. The predicted molar refractivity (Wildman–Crippen MR) is 54.4 cm³/mol. The monoisotopic (exact) mass is 189 g/mol. The van der Waals surface area contributed by atoms with E-state index in [4.69, 9.17) is 5.73 Å². The van der Waals surface area contributed by atoms with Crippen molar-refractivity contribution in [1.82, 2.24) is 0 Å². The van der Waals surface area contributed by atoms with Crippen LogP contribution in [0.1, 0.15) is 32.6 Å². The number of hydrogen-bond donors (Lipinski definition) is 2. The summed E-state index contributed by atoms with van der Waals surface area (Å²) in [5, 5.41) is 10.1.